The van der Waals surface area contributed by atoms with Gasteiger partial charge in [-0.1, -0.05) is 11.6 Å². The molecule has 20 heavy (non-hydrogen) atoms. The Hall–Kier alpha value is -2.28. The molecule has 2 rings (SSSR count). The molecule has 1 unspecified atom stereocenters. The van der Waals surface area contributed by atoms with Crippen molar-refractivity contribution in [1.29, 1.82) is 0 Å². The number of carbonyl (C=O) groups is 3. The topological polar surface area (TPSA) is 93.7 Å². The van der Waals surface area contributed by atoms with Crippen molar-refractivity contribution in [3.63, 3.8) is 0 Å². The van der Waals surface area contributed by atoms with E-state index in [1.807, 2.05) is 0 Å². The van der Waals surface area contributed by atoms with E-state index in [1.165, 1.54) is 25.3 Å². The summed E-state index contributed by atoms with van der Waals surface area (Å²) in [6.45, 7) is -0.0566. The van der Waals surface area contributed by atoms with Crippen molar-refractivity contribution in [1.82, 2.24) is 5.32 Å². The summed E-state index contributed by atoms with van der Waals surface area (Å²) < 4.78 is 9.19. The molecule has 1 aliphatic heterocycles. The monoisotopic (exact) mass is 298 g/mol. The highest BCUT2D eigenvalue weighted by atomic mass is 35.5. The third-order valence-corrected chi connectivity index (χ3v) is 2.96. The SMILES string of the molecule is COC(=O)c1ccc(Cl)c(NC(=O)C2COC(=O)N2)c1. The second-order valence-electron chi connectivity index (χ2n) is 3.97. The number of nitrogens with one attached hydrogen (secondary N) is 2. The minimum Gasteiger partial charge on any atom is -0.465 e. The van der Waals surface area contributed by atoms with Crippen LogP contribution < -0.4 is 10.6 Å². The van der Waals surface area contributed by atoms with Gasteiger partial charge in [0.1, 0.15) is 12.6 Å². The number of rotatable bonds is 3. The van der Waals surface area contributed by atoms with Gasteiger partial charge in [-0.3, -0.25) is 4.79 Å². The zero-order chi connectivity index (χ0) is 14.7. The lowest BCUT2D eigenvalue weighted by Crippen LogP contribution is -2.38. The molecule has 1 aromatic rings. The van der Waals surface area contributed by atoms with E-state index in [0.717, 1.165) is 0 Å². The van der Waals surface area contributed by atoms with E-state index in [4.69, 9.17) is 11.6 Å². The predicted octanol–water partition coefficient (Wildman–Crippen LogP) is 1.17. The maximum atomic E-state index is 11.9. The summed E-state index contributed by atoms with van der Waals surface area (Å²) in [5.74, 6) is -1.03. The van der Waals surface area contributed by atoms with Gasteiger partial charge in [0.05, 0.1) is 23.4 Å². The number of cyclic esters (lactones) is 1. The first-order chi connectivity index (χ1) is 9.51. The zero-order valence-corrected chi connectivity index (χ0v) is 11.2. The van der Waals surface area contributed by atoms with E-state index in [0.29, 0.717) is 0 Å². The van der Waals surface area contributed by atoms with Gasteiger partial charge < -0.3 is 20.1 Å². The highest BCUT2D eigenvalue weighted by Crippen LogP contribution is 2.23. The largest absolute Gasteiger partial charge is 0.465 e. The Morgan fingerprint density at radius 1 is 1.50 bits per heavy atom. The lowest BCUT2D eigenvalue weighted by atomic mass is 10.2. The summed E-state index contributed by atoms with van der Waals surface area (Å²) in [6.07, 6.45) is -0.653. The first-order valence-electron chi connectivity index (χ1n) is 5.63. The molecule has 0 radical (unpaired) electrons. The molecule has 1 aromatic carbocycles. The number of halogens is 1. The molecule has 0 saturated carbocycles. The second kappa shape index (κ2) is 5.79. The Labute approximate surface area is 119 Å². The number of alkyl carbamates (subject to hydrolysis) is 1. The fraction of sp³-hybridized carbons (Fsp3) is 0.250. The standard InChI is InChI=1S/C12H11ClN2O5/c1-19-11(17)6-2-3-7(13)8(4-6)14-10(16)9-5-20-12(18)15-9/h2-4,9H,5H2,1H3,(H,14,16)(H,15,18). The number of benzene rings is 1. The maximum absolute atomic E-state index is 11.9. The molecular weight excluding hydrogens is 288 g/mol. The van der Waals surface area contributed by atoms with Gasteiger partial charge in [-0.25, -0.2) is 9.59 Å². The highest BCUT2D eigenvalue weighted by Gasteiger charge is 2.29. The van der Waals surface area contributed by atoms with Gasteiger partial charge in [0.25, 0.3) is 5.91 Å². The number of hydrogen-bond donors (Lipinski definition) is 2. The Kier molecular flexibility index (Phi) is 4.09. The number of amides is 2. The summed E-state index contributed by atoms with van der Waals surface area (Å²) in [7, 11) is 1.25. The van der Waals surface area contributed by atoms with Crippen LogP contribution in [0.3, 0.4) is 0 Å². The second-order valence-corrected chi connectivity index (χ2v) is 4.38. The van der Waals surface area contributed by atoms with Gasteiger partial charge in [-0.15, -0.1) is 0 Å². The quantitative estimate of drug-likeness (QED) is 0.817. The van der Waals surface area contributed by atoms with Crippen LogP contribution in [0.15, 0.2) is 18.2 Å². The van der Waals surface area contributed by atoms with Crippen LogP contribution in [0.25, 0.3) is 0 Å². The number of esters is 1. The molecule has 1 atom stereocenters. The minimum absolute atomic E-state index is 0.0566. The number of hydrogen-bond acceptors (Lipinski definition) is 5. The van der Waals surface area contributed by atoms with Crippen LogP contribution in [0.4, 0.5) is 10.5 Å². The molecule has 7 nitrogen and oxygen atoms in total. The fourth-order valence-electron chi connectivity index (χ4n) is 1.61. The molecule has 1 aliphatic rings. The first-order valence-corrected chi connectivity index (χ1v) is 6.01. The molecule has 0 spiro atoms. The molecular formula is C12H11ClN2O5. The van der Waals surface area contributed by atoms with Crippen LogP contribution in [0.2, 0.25) is 5.02 Å². The van der Waals surface area contributed by atoms with Gasteiger partial charge >= 0.3 is 12.1 Å². The maximum Gasteiger partial charge on any atom is 0.407 e. The van der Waals surface area contributed by atoms with Crippen molar-refractivity contribution < 1.29 is 23.9 Å². The first kappa shape index (κ1) is 14.1. The van der Waals surface area contributed by atoms with Crippen molar-refractivity contribution in [2.45, 2.75) is 6.04 Å². The average Bonchev–Trinajstić information content (AvgIpc) is 2.87. The fourth-order valence-corrected chi connectivity index (χ4v) is 1.78. The van der Waals surface area contributed by atoms with E-state index in [2.05, 4.69) is 20.1 Å². The van der Waals surface area contributed by atoms with E-state index in [-0.39, 0.29) is 22.9 Å². The molecule has 1 heterocycles. The summed E-state index contributed by atoms with van der Waals surface area (Å²) in [5.41, 5.74) is 0.500. The van der Waals surface area contributed by atoms with Crippen molar-refractivity contribution in [3.05, 3.63) is 28.8 Å². The number of ether oxygens (including phenoxy) is 2. The van der Waals surface area contributed by atoms with Crippen molar-refractivity contribution >= 4 is 35.3 Å². The van der Waals surface area contributed by atoms with E-state index >= 15 is 0 Å². The average molecular weight is 299 g/mol. The molecule has 2 N–H and O–H groups in total. The summed E-state index contributed by atoms with van der Waals surface area (Å²) >= 11 is 5.94. The van der Waals surface area contributed by atoms with Gasteiger partial charge in [0.2, 0.25) is 0 Å². The van der Waals surface area contributed by atoms with Crippen LogP contribution in [0, 0.1) is 0 Å². The zero-order valence-electron chi connectivity index (χ0n) is 10.4. The summed E-state index contributed by atoms with van der Waals surface area (Å²) in [5, 5.41) is 5.11. The van der Waals surface area contributed by atoms with Crippen LogP contribution >= 0.6 is 11.6 Å². The van der Waals surface area contributed by atoms with Crippen LogP contribution in [0.5, 0.6) is 0 Å². The van der Waals surface area contributed by atoms with Crippen molar-refractivity contribution in [2.24, 2.45) is 0 Å². The molecule has 0 bridgehead atoms. The molecule has 8 heteroatoms. The van der Waals surface area contributed by atoms with Crippen LogP contribution in [-0.4, -0.2) is 37.7 Å². The lowest BCUT2D eigenvalue weighted by molar-refractivity contribution is -0.117. The molecule has 0 aliphatic carbocycles. The Bertz CT molecular complexity index is 575. The van der Waals surface area contributed by atoms with Crippen LogP contribution in [0.1, 0.15) is 10.4 Å². The summed E-state index contributed by atoms with van der Waals surface area (Å²) in [6, 6.07) is 3.54. The van der Waals surface area contributed by atoms with Gasteiger partial charge in [0, 0.05) is 0 Å². The number of methoxy groups -OCH3 is 1. The lowest BCUT2D eigenvalue weighted by Gasteiger charge is -2.11. The minimum atomic E-state index is -0.791. The predicted molar refractivity (Wildman–Crippen MR) is 69.7 cm³/mol. The Balaban J connectivity index is 2.14. The highest BCUT2D eigenvalue weighted by molar-refractivity contribution is 6.34. The van der Waals surface area contributed by atoms with Crippen molar-refractivity contribution in [2.75, 3.05) is 19.0 Å². The number of anilines is 1. The number of carbonyl (C=O) groups excluding carboxylic acids is 3. The van der Waals surface area contributed by atoms with Gasteiger partial charge in [0.15, 0.2) is 0 Å². The third kappa shape index (κ3) is 3.00. The third-order valence-electron chi connectivity index (χ3n) is 2.63. The molecule has 2 amide bonds. The van der Waals surface area contributed by atoms with Crippen molar-refractivity contribution in [3.8, 4) is 0 Å². The smallest absolute Gasteiger partial charge is 0.407 e. The van der Waals surface area contributed by atoms with Gasteiger partial charge in [-0.2, -0.15) is 0 Å². The molecule has 106 valence electrons. The normalized spacial score (nSPS) is 17.1. The molecule has 1 saturated heterocycles. The van der Waals surface area contributed by atoms with E-state index in [1.54, 1.807) is 0 Å². The van der Waals surface area contributed by atoms with Gasteiger partial charge in [-0.05, 0) is 18.2 Å². The molecule has 0 aromatic heterocycles. The van der Waals surface area contributed by atoms with E-state index in [9.17, 15) is 14.4 Å². The Morgan fingerprint density at radius 3 is 2.85 bits per heavy atom. The molecule has 1 fully saturated rings. The Morgan fingerprint density at radius 2 is 2.25 bits per heavy atom. The summed E-state index contributed by atoms with van der Waals surface area (Å²) in [4.78, 5) is 34.1. The van der Waals surface area contributed by atoms with Crippen LogP contribution in [-0.2, 0) is 14.3 Å². The van der Waals surface area contributed by atoms with E-state index < -0.39 is 24.0 Å².